The van der Waals surface area contributed by atoms with Crippen LogP contribution >= 0.6 is 11.6 Å². The van der Waals surface area contributed by atoms with Crippen molar-refractivity contribution in [3.63, 3.8) is 0 Å². The molecule has 0 bridgehead atoms. The Morgan fingerprint density at radius 2 is 2.04 bits per heavy atom. The SMILES string of the molecule is Cc1c(C)n(C[C@@H](O)CN[C@@H]2CCCC[C@@H]2C)c2c(Cl)cccc12. The first-order chi connectivity index (χ1) is 11.5. The summed E-state index contributed by atoms with van der Waals surface area (Å²) in [6, 6.07) is 6.56. The first-order valence-corrected chi connectivity index (χ1v) is 9.52. The number of rotatable bonds is 5. The normalized spacial score (nSPS) is 22.9. The predicted molar refractivity (Wildman–Crippen MR) is 102 cm³/mol. The first-order valence-electron chi connectivity index (χ1n) is 9.14. The van der Waals surface area contributed by atoms with Crippen LogP contribution in [0.3, 0.4) is 0 Å². The fraction of sp³-hybridized carbons (Fsp3) is 0.600. The standard InChI is InChI=1S/C20H29ClN2O/c1-13-7-4-5-10-19(13)22-11-16(24)12-23-15(3)14(2)17-8-6-9-18(21)20(17)23/h6,8-9,13,16,19,22,24H,4-5,7,10-12H2,1-3H3/t13-,16-,19+/m0/s1. The van der Waals surface area contributed by atoms with E-state index in [-0.39, 0.29) is 0 Å². The minimum Gasteiger partial charge on any atom is -0.390 e. The van der Waals surface area contributed by atoms with E-state index >= 15 is 0 Å². The number of hydrogen-bond acceptors (Lipinski definition) is 2. The van der Waals surface area contributed by atoms with Gasteiger partial charge in [-0.3, -0.25) is 0 Å². The van der Waals surface area contributed by atoms with Gasteiger partial charge in [0.2, 0.25) is 0 Å². The number of fused-ring (bicyclic) bond motifs is 1. The predicted octanol–water partition coefficient (Wildman–Crippen LogP) is 4.44. The van der Waals surface area contributed by atoms with Gasteiger partial charge in [0.05, 0.1) is 23.2 Å². The maximum absolute atomic E-state index is 10.6. The summed E-state index contributed by atoms with van der Waals surface area (Å²) in [5.41, 5.74) is 3.47. The quantitative estimate of drug-likeness (QED) is 0.838. The number of aliphatic hydroxyl groups excluding tert-OH is 1. The largest absolute Gasteiger partial charge is 0.390 e. The Labute approximate surface area is 150 Å². The second-order valence-electron chi connectivity index (χ2n) is 7.39. The van der Waals surface area contributed by atoms with Gasteiger partial charge in [0.15, 0.2) is 0 Å². The number of halogens is 1. The summed E-state index contributed by atoms with van der Waals surface area (Å²) in [5, 5.41) is 16.1. The second-order valence-corrected chi connectivity index (χ2v) is 7.79. The molecule has 1 saturated carbocycles. The van der Waals surface area contributed by atoms with Gasteiger partial charge in [0.25, 0.3) is 0 Å². The number of nitrogens with zero attached hydrogens (tertiary/aromatic N) is 1. The average Bonchev–Trinajstić information content (AvgIpc) is 2.80. The lowest BCUT2D eigenvalue weighted by Gasteiger charge is -2.30. The summed E-state index contributed by atoms with van der Waals surface area (Å²) in [5.74, 6) is 0.705. The summed E-state index contributed by atoms with van der Waals surface area (Å²) < 4.78 is 2.17. The van der Waals surface area contributed by atoms with Crippen molar-refractivity contribution in [2.75, 3.05) is 6.54 Å². The second kappa shape index (κ2) is 7.47. The highest BCUT2D eigenvalue weighted by Crippen LogP contribution is 2.31. The van der Waals surface area contributed by atoms with E-state index in [1.807, 2.05) is 12.1 Å². The van der Waals surface area contributed by atoms with Gasteiger partial charge in [-0.1, -0.05) is 43.5 Å². The molecule has 0 amide bonds. The Bertz CT molecular complexity index is 709. The molecule has 3 nitrogen and oxygen atoms in total. The van der Waals surface area contributed by atoms with Crippen molar-refractivity contribution >= 4 is 22.5 Å². The van der Waals surface area contributed by atoms with Gasteiger partial charge in [-0.25, -0.2) is 0 Å². The molecule has 1 aromatic carbocycles. The average molecular weight is 349 g/mol. The van der Waals surface area contributed by atoms with Gasteiger partial charge in [-0.15, -0.1) is 0 Å². The van der Waals surface area contributed by atoms with Crippen LogP contribution in [0.25, 0.3) is 10.9 Å². The molecular formula is C20H29ClN2O. The van der Waals surface area contributed by atoms with E-state index in [1.54, 1.807) is 0 Å². The van der Waals surface area contributed by atoms with Gasteiger partial charge in [-0.05, 0) is 44.2 Å². The molecule has 1 fully saturated rings. The van der Waals surface area contributed by atoms with Crippen molar-refractivity contribution in [1.82, 2.24) is 9.88 Å². The van der Waals surface area contributed by atoms with E-state index in [9.17, 15) is 5.11 Å². The molecule has 4 heteroatoms. The maximum atomic E-state index is 10.6. The minimum absolute atomic E-state index is 0.413. The van der Waals surface area contributed by atoms with Crippen molar-refractivity contribution in [3.05, 3.63) is 34.5 Å². The number of hydrogen-bond donors (Lipinski definition) is 2. The highest BCUT2D eigenvalue weighted by molar-refractivity contribution is 6.35. The third kappa shape index (κ3) is 3.49. The smallest absolute Gasteiger partial charge is 0.0843 e. The molecule has 0 unspecified atom stereocenters. The summed E-state index contributed by atoms with van der Waals surface area (Å²) in [7, 11) is 0. The number of aliphatic hydroxyl groups is 1. The Hall–Kier alpha value is -1.03. The van der Waals surface area contributed by atoms with E-state index in [0.717, 1.165) is 10.5 Å². The van der Waals surface area contributed by atoms with Gasteiger partial charge < -0.3 is 15.0 Å². The van der Waals surface area contributed by atoms with Crippen LogP contribution in [0.4, 0.5) is 0 Å². The number of aromatic nitrogens is 1. The van der Waals surface area contributed by atoms with Crippen LogP contribution in [-0.2, 0) is 6.54 Å². The van der Waals surface area contributed by atoms with Crippen molar-refractivity contribution in [1.29, 1.82) is 0 Å². The van der Waals surface area contributed by atoms with Gasteiger partial charge >= 0.3 is 0 Å². The van der Waals surface area contributed by atoms with Crippen LogP contribution in [0.2, 0.25) is 5.02 Å². The fourth-order valence-corrected chi connectivity index (χ4v) is 4.34. The summed E-state index contributed by atoms with van der Waals surface area (Å²) >= 11 is 6.43. The highest BCUT2D eigenvalue weighted by Gasteiger charge is 2.22. The Balaban J connectivity index is 1.71. The van der Waals surface area contributed by atoms with Gasteiger partial charge in [0, 0.05) is 23.7 Å². The van der Waals surface area contributed by atoms with Crippen molar-refractivity contribution in [3.8, 4) is 0 Å². The zero-order valence-corrected chi connectivity index (χ0v) is 15.7. The highest BCUT2D eigenvalue weighted by atomic mass is 35.5. The molecule has 0 saturated heterocycles. The number of benzene rings is 1. The summed E-state index contributed by atoms with van der Waals surface area (Å²) in [6.07, 6.45) is 4.75. The number of para-hydroxylation sites is 1. The molecule has 0 aliphatic heterocycles. The van der Waals surface area contributed by atoms with Crippen LogP contribution in [0.15, 0.2) is 18.2 Å². The lowest BCUT2D eigenvalue weighted by Crippen LogP contribution is -2.42. The molecule has 0 radical (unpaired) electrons. The Morgan fingerprint density at radius 3 is 2.79 bits per heavy atom. The lowest BCUT2D eigenvalue weighted by atomic mass is 9.86. The Kier molecular flexibility index (Phi) is 5.53. The number of nitrogens with one attached hydrogen (secondary N) is 1. The summed E-state index contributed by atoms with van der Waals surface area (Å²) in [6.45, 7) is 7.76. The molecule has 1 aromatic heterocycles. The molecule has 1 heterocycles. The Morgan fingerprint density at radius 1 is 1.29 bits per heavy atom. The number of aryl methyl sites for hydroxylation is 1. The topological polar surface area (TPSA) is 37.2 Å². The molecule has 1 aliphatic carbocycles. The van der Waals surface area contributed by atoms with E-state index < -0.39 is 6.10 Å². The third-order valence-corrected chi connectivity index (χ3v) is 6.03. The van der Waals surface area contributed by atoms with Crippen LogP contribution < -0.4 is 5.32 Å². The molecule has 132 valence electrons. The zero-order chi connectivity index (χ0) is 17.3. The molecule has 2 aromatic rings. The van der Waals surface area contributed by atoms with Crippen molar-refractivity contribution in [2.24, 2.45) is 5.92 Å². The molecule has 1 aliphatic rings. The summed E-state index contributed by atoms with van der Waals surface area (Å²) in [4.78, 5) is 0. The fourth-order valence-electron chi connectivity index (χ4n) is 4.07. The van der Waals surface area contributed by atoms with E-state index in [4.69, 9.17) is 11.6 Å². The monoisotopic (exact) mass is 348 g/mol. The first kappa shape index (κ1) is 17.8. The van der Waals surface area contributed by atoms with E-state index in [2.05, 4.69) is 36.7 Å². The molecule has 24 heavy (non-hydrogen) atoms. The van der Waals surface area contributed by atoms with Crippen LogP contribution in [0, 0.1) is 19.8 Å². The van der Waals surface area contributed by atoms with Crippen LogP contribution in [0.1, 0.15) is 43.9 Å². The van der Waals surface area contributed by atoms with Crippen LogP contribution in [-0.4, -0.2) is 28.4 Å². The molecule has 3 atom stereocenters. The van der Waals surface area contributed by atoms with Crippen molar-refractivity contribution < 1.29 is 5.11 Å². The lowest BCUT2D eigenvalue weighted by molar-refractivity contribution is 0.139. The molecule has 2 N–H and O–H groups in total. The maximum Gasteiger partial charge on any atom is 0.0843 e. The van der Waals surface area contributed by atoms with Crippen LogP contribution in [0.5, 0.6) is 0 Å². The van der Waals surface area contributed by atoms with Gasteiger partial charge in [-0.2, -0.15) is 0 Å². The minimum atomic E-state index is -0.413. The zero-order valence-electron chi connectivity index (χ0n) is 15.0. The van der Waals surface area contributed by atoms with Gasteiger partial charge in [0.1, 0.15) is 0 Å². The molecule has 3 rings (SSSR count). The van der Waals surface area contributed by atoms with Crippen molar-refractivity contribution in [2.45, 2.75) is 65.1 Å². The van der Waals surface area contributed by atoms with E-state index in [0.29, 0.717) is 25.0 Å². The molecule has 0 spiro atoms. The molecular weight excluding hydrogens is 320 g/mol. The van der Waals surface area contributed by atoms with E-state index in [1.165, 1.54) is 42.3 Å². The third-order valence-electron chi connectivity index (χ3n) is 5.73.